The Morgan fingerprint density at radius 1 is 0.905 bits per heavy atom. The molecule has 0 amide bonds. The minimum absolute atomic E-state index is 0.145. The van der Waals surface area contributed by atoms with Crippen LogP contribution in [0.5, 0.6) is 5.75 Å². The summed E-state index contributed by atoms with van der Waals surface area (Å²) in [6.45, 7) is 0. The molecule has 2 aromatic carbocycles. The van der Waals surface area contributed by atoms with E-state index in [2.05, 4.69) is 4.98 Å². The maximum absolute atomic E-state index is 13.1. The molecule has 0 saturated carbocycles. The van der Waals surface area contributed by atoms with E-state index in [1.807, 2.05) is 0 Å². The average Bonchev–Trinajstić information content (AvgIpc) is 2.46. The maximum Gasteiger partial charge on any atom is 0.418 e. The van der Waals surface area contributed by atoms with E-state index in [4.69, 9.17) is 0 Å². The average molecular weight is 289 g/mol. The van der Waals surface area contributed by atoms with Gasteiger partial charge in [-0.25, -0.2) is 0 Å². The molecule has 106 valence electrons. The van der Waals surface area contributed by atoms with Gasteiger partial charge in [-0.2, -0.15) is 13.2 Å². The molecule has 0 radical (unpaired) electrons. The first-order chi connectivity index (χ1) is 9.98. The summed E-state index contributed by atoms with van der Waals surface area (Å²) in [6, 6.07) is 12.6. The van der Waals surface area contributed by atoms with Crippen molar-refractivity contribution < 1.29 is 18.3 Å². The molecule has 0 spiro atoms. The number of halogens is 3. The van der Waals surface area contributed by atoms with Crippen molar-refractivity contribution in [1.29, 1.82) is 0 Å². The topological polar surface area (TPSA) is 33.1 Å². The number of hydrogen-bond acceptors (Lipinski definition) is 2. The fraction of sp³-hybridized carbons (Fsp3) is 0.0625. The van der Waals surface area contributed by atoms with Crippen LogP contribution in [0.4, 0.5) is 13.2 Å². The third-order valence-corrected chi connectivity index (χ3v) is 3.25. The number of nitrogens with zero attached hydrogens (tertiary/aromatic N) is 1. The van der Waals surface area contributed by atoms with Crippen LogP contribution in [0.3, 0.4) is 0 Å². The second-order valence-electron chi connectivity index (χ2n) is 4.58. The second kappa shape index (κ2) is 4.77. The molecule has 0 unspecified atom stereocenters. The van der Waals surface area contributed by atoms with E-state index in [0.29, 0.717) is 11.1 Å². The van der Waals surface area contributed by atoms with Gasteiger partial charge in [-0.1, -0.05) is 42.5 Å². The first kappa shape index (κ1) is 13.4. The largest absolute Gasteiger partial charge is 0.506 e. The molecule has 5 heteroatoms. The van der Waals surface area contributed by atoms with Gasteiger partial charge in [-0.3, -0.25) is 4.98 Å². The predicted molar refractivity (Wildman–Crippen MR) is 73.8 cm³/mol. The molecule has 1 heterocycles. The quantitative estimate of drug-likeness (QED) is 0.708. The first-order valence-electron chi connectivity index (χ1n) is 6.22. The van der Waals surface area contributed by atoms with Crippen molar-refractivity contribution in [2.75, 3.05) is 0 Å². The number of alkyl halides is 3. The van der Waals surface area contributed by atoms with Crippen molar-refractivity contribution in [3.8, 4) is 16.9 Å². The molecule has 3 rings (SSSR count). The number of fused-ring (bicyclic) bond motifs is 1. The summed E-state index contributed by atoms with van der Waals surface area (Å²) in [5.41, 5.74) is 0.0206. The molecule has 0 fully saturated rings. The van der Waals surface area contributed by atoms with Gasteiger partial charge in [-0.15, -0.1) is 0 Å². The zero-order chi connectivity index (χ0) is 15.0. The normalized spacial score (nSPS) is 11.8. The Hall–Kier alpha value is -2.56. The second-order valence-corrected chi connectivity index (χ2v) is 4.58. The van der Waals surface area contributed by atoms with Crippen LogP contribution in [0, 0.1) is 0 Å². The van der Waals surface area contributed by atoms with Gasteiger partial charge in [0.2, 0.25) is 0 Å². The van der Waals surface area contributed by atoms with Crippen LogP contribution >= 0.6 is 0 Å². The van der Waals surface area contributed by atoms with Crippen molar-refractivity contribution in [2.24, 2.45) is 0 Å². The SMILES string of the molecule is Oc1cnc2c(C(F)(F)F)cccc2c1-c1ccccc1. The van der Waals surface area contributed by atoms with Crippen LogP contribution in [-0.4, -0.2) is 10.1 Å². The Bertz CT molecular complexity index is 798. The van der Waals surface area contributed by atoms with Crippen LogP contribution in [0.25, 0.3) is 22.0 Å². The van der Waals surface area contributed by atoms with Gasteiger partial charge in [0.25, 0.3) is 0 Å². The van der Waals surface area contributed by atoms with Gasteiger partial charge in [0.1, 0.15) is 5.75 Å². The number of pyridine rings is 1. The van der Waals surface area contributed by atoms with Crippen LogP contribution in [0.2, 0.25) is 0 Å². The number of para-hydroxylation sites is 1. The van der Waals surface area contributed by atoms with Crippen molar-refractivity contribution in [2.45, 2.75) is 6.18 Å². The summed E-state index contributed by atoms with van der Waals surface area (Å²) in [7, 11) is 0. The molecule has 21 heavy (non-hydrogen) atoms. The monoisotopic (exact) mass is 289 g/mol. The lowest BCUT2D eigenvalue weighted by molar-refractivity contribution is -0.136. The molecular formula is C16H10F3NO. The minimum Gasteiger partial charge on any atom is -0.506 e. The molecule has 0 atom stereocenters. The Balaban J connectivity index is 2.39. The fourth-order valence-electron chi connectivity index (χ4n) is 2.35. The summed E-state index contributed by atoms with van der Waals surface area (Å²) in [6.07, 6.45) is -3.43. The van der Waals surface area contributed by atoms with Gasteiger partial charge in [0.15, 0.2) is 0 Å². The van der Waals surface area contributed by atoms with E-state index in [-0.39, 0.29) is 16.7 Å². The Morgan fingerprint density at radius 3 is 2.29 bits per heavy atom. The number of benzene rings is 2. The van der Waals surface area contributed by atoms with E-state index in [9.17, 15) is 18.3 Å². The van der Waals surface area contributed by atoms with E-state index in [0.717, 1.165) is 12.3 Å². The highest BCUT2D eigenvalue weighted by molar-refractivity contribution is 5.98. The highest BCUT2D eigenvalue weighted by Gasteiger charge is 2.33. The molecule has 1 N–H and O–H groups in total. The summed E-state index contributed by atoms with van der Waals surface area (Å²) >= 11 is 0. The predicted octanol–water partition coefficient (Wildman–Crippen LogP) is 4.63. The molecule has 0 aliphatic carbocycles. The van der Waals surface area contributed by atoms with Crippen LogP contribution in [0.15, 0.2) is 54.7 Å². The van der Waals surface area contributed by atoms with Gasteiger partial charge in [0.05, 0.1) is 17.3 Å². The zero-order valence-electron chi connectivity index (χ0n) is 10.7. The Labute approximate surface area is 118 Å². The minimum atomic E-state index is -4.49. The third-order valence-electron chi connectivity index (χ3n) is 3.25. The summed E-state index contributed by atoms with van der Waals surface area (Å²) < 4.78 is 39.2. The molecule has 0 aliphatic heterocycles. The standard InChI is InChI=1S/C16H10F3NO/c17-16(18,19)12-8-4-7-11-14(10-5-2-1-3-6-10)13(21)9-20-15(11)12/h1-9,21H. The summed E-state index contributed by atoms with van der Waals surface area (Å²) in [4.78, 5) is 3.76. The summed E-state index contributed by atoms with van der Waals surface area (Å²) in [5.74, 6) is -0.145. The maximum atomic E-state index is 13.1. The summed E-state index contributed by atoms with van der Waals surface area (Å²) in [5, 5.41) is 10.3. The van der Waals surface area contributed by atoms with Crippen LogP contribution in [0.1, 0.15) is 5.56 Å². The van der Waals surface area contributed by atoms with E-state index >= 15 is 0 Å². The molecule has 1 aromatic heterocycles. The van der Waals surface area contributed by atoms with Gasteiger partial charge in [-0.05, 0) is 11.6 Å². The van der Waals surface area contributed by atoms with E-state index < -0.39 is 11.7 Å². The smallest absolute Gasteiger partial charge is 0.418 e. The molecule has 0 saturated heterocycles. The van der Waals surface area contributed by atoms with Crippen LogP contribution < -0.4 is 0 Å². The van der Waals surface area contributed by atoms with Crippen molar-refractivity contribution in [1.82, 2.24) is 4.98 Å². The lowest BCUT2D eigenvalue weighted by Crippen LogP contribution is -2.06. The molecule has 0 aliphatic rings. The van der Waals surface area contributed by atoms with Crippen molar-refractivity contribution >= 4 is 10.9 Å². The molecule has 2 nitrogen and oxygen atoms in total. The Kier molecular flexibility index (Phi) is 3.05. The number of hydrogen-bond donors (Lipinski definition) is 1. The first-order valence-corrected chi connectivity index (χ1v) is 6.22. The lowest BCUT2D eigenvalue weighted by Gasteiger charge is -2.13. The number of aromatic hydroxyl groups is 1. The third kappa shape index (κ3) is 2.31. The van der Waals surface area contributed by atoms with Gasteiger partial charge < -0.3 is 5.11 Å². The Morgan fingerprint density at radius 2 is 1.62 bits per heavy atom. The van der Waals surface area contributed by atoms with Crippen molar-refractivity contribution in [3.05, 3.63) is 60.3 Å². The van der Waals surface area contributed by atoms with Crippen molar-refractivity contribution in [3.63, 3.8) is 0 Å². The van der Waals surface area contributed by atoms with Crippen LogP contribution in [-0.2, 0) is 6.18 Å². The fourth-order valence-corrected chi connectivity index (χ4v) is 2.35. The van der Waals surface area contributed by atoms with E-state index in [1.165, 1.54) is 12.1 Å². The number of aromatic nitrogens is 1. The highest BCUT2D eigenvalue weighted by atomic mass is 19.4. The molecule has 0 bridgehead atoms. The molecular weight excluding hydrogens is 279 g/mol. The van der Waals surface area contributed by atoms with Gasteiger partial charge in [0, 0.05) is 10.9 Å². The van der Waals surface area contributed by atoms with E-state index in [1.54, 1.807) is 30.3 Å². The zero-order valence-corrected chi connectivity index (χ0v) is 10.7. The van der Waals surface area contributed by atoms with Gasteiger partial charge >= 0.3 is 6.18 Å². The lowest BCUT2D eigenvalue weighted by atomic mass is 9.98. The highest BCUT2D eigenvalue weighted by Crippen LogP contribution is 2.40. The number of rotatable bonds is 1. The molecule has 3 aromatic rings.